The Bertz CT molecular complexity index is 399. The average Bonchev–Trinajstić information content (AvgIpc) is 2.72. The first kappa shape index (κ1) is 12.7. The highest BCUT2D eigenvalue weighted by Crippen LogP contribution is 2.34. The van der Waals surface area contributed by atoms with Gasteiger partial charge in [-0.25, -0.2) is 0 Å². The molecule has 98 valence electrons. The second-order valence-corrected chi connectivity index (χ2v) is 6.79. The fourth-order valence-electron chi connectivity index (χ4n) is 3.11. The van der Waals surface area contributed by atoms with Gasteiger partial charge in [-0.05, 0) is 73.2 Å². The van der Waals surface area contributed by atoms with Crippen molar-refractivity contribution in [2.75, 3.05) is 6.54 Å². The van der Waals surface area contributed by atoms with Gasteiger partial charge in [-0.2, -0.15) is 0 Å². The van der Waals surface area contributed by atoms with E-state index >= 15 is 0 Å². The highest BCUT2D eigenvalue weighted by Gasteiger charge is 2.38. The van der Waals surface area contributed by atoms with Crippen LogP contribution in [0.15, 0.2) is 24.3 Å². The van der Waals surface area contributed by atoms with Gasteiger partial charge < -0.3 is 4.74 Å². The maximum absolute atomic E-state index is 6.00. The molecule has 3 rings (SSSR count). The third-order valence-electron chi connectivity index (χ3n) is 4.26. The van der Waals surface area contributed by atoms with Gasteiger partial charge in [0, 0.05) is 28.5 Å². The largest absolute Gasteiger partial charge is 0.490 e. The highest BCUT2D eigenvalue weighted by atomic mass is 127. The predicted octanol–water partition coefficient (Wildman–Crippen LogP) is 3.69. The Morgan fingerprint density at radius 3 is 2.56 bits per heavy atom. The molecule has 1 aliphatic heterocycles. The second kappa shape index (κ2) is 5.37. The van der Waals surface area contributed by atoms with E-state index in [1.54, 1.807) is 0 Å². The van der Waals surface area contributed by atoms with Crippen molar-refractivity contribution < 1.29 is 4.74 Å². The monoisotopic (exact) mass is 357 g/mol. The van der Waals surface area contributed by atoms with Gasteiger partial charge >= 0.3 is 0 Å². The molecule has 1 saturated carbocycles. The predicted molar refractivity (Wildman–Crippen MR) is 82.0 cm³/mol. The molecule has 2 aliphatic rings. The van der Waals surface area contributed by atoms with Crippen molar-refractivity contribution in [2.24, 2.45) is 0 Å². The SMILES string of the molecule is C[C@H]1CCCN1C1CC(Oc2ccc(I)cc2)C1. The van der Waals surface area contributed by atoms with Crippen molar-refractivity contribution in [1.29, 1.82) is 0 Å². The first-order valence-corrected chi connectivity index (χ1v) is 7.98. The Kier molecular flexibility index (Phi) is 3.80. The van der Waals surface area contributed by atoms with Crippen LogP contribution >= 0.6 is 22.6 Å². The van der Waals surface area contributed by atoms with Crippen molar-refractivity contribution in [2.45, 2.75) is 50.8 Å². The first-order chi connectivity index (χ1) is 8.72. The van der Waals surface area contributed by atoms with E-state index in [0.717, 1.165) is 17.8 Å². The first-order valence-electron chi connectivity index (χ1n) is 6.90. The lowest BCUT2D eigenvalue weighted by Crippen LogP contribution is -2.50. The van der Waals surface area contributed by atoms with Crippen LogP contribution in [0.3, 0.4) is 0 Å². The van der Waals surface area contributed by atoms with Crippen LogP contribution < -0.4 is 4.74 Å². The smallest absolute Gasteiger partial charge is 0.119 e. The van der Waals surface area contributed by atoms with E-state index in [1.165, 1.54) is 35.8 Å². The Morgan fingerprint density at radius 1 is 1.22 bits per heavy atom. The molecule has 3 heteroatoms. The van der Waals surface area contributed by atoms with Gasteiger partial charge in [0.2, 0.25) is 0 Å². The van der Waals surface area contributed by atoms with Crippen LogP contribution in [0.4, 0.5) is 0 Å². The molecule has 0 unspecified atom stereocenters. The molecule has 2 fully saturated rings. The quantitative estimate of drug-likeness (QED) is 0.766. The maximum Gasteiger partial charge on any atom is 0.119 e. The molecule has 0 bridgehead atoms. The zero-order valence-corrected chi connectivity index (χ0v) is 13.0. The van der Waals surface area contributed by atoms with Gasteiger partial charge in [0.05, 0.1) is 0 Å². The second-order valence-electron chi connectivity index (χ2n) is 5.55. The molecule has 1 aromatic rings. The van der Waals surface area contributed by atoms with E-state index in [1.807, 2.05) is 0 Å². The molecule has 1 heterocycles. The lowest BCUT2D eigenvalue weighted by atomic mass is 9.87. The fraction of sp³-hybridized carbons (Fsp3) is 0.600. The number of ether oxygens (including phenoxy) is 1. The molecule has 1 aliphatic carbocycles. The van der Waals surface area contributed by atoms with Gasteiger partial charge in [-0.1, -0.05) is 0 Å². The zero-order valence-electron chi connectivity index (χ0n) is 10.8. The number of rotatable bonds is 3. The molecule has 1 atom stereocenters. The molecule has 0 amide bonds. The minimum Gasteiger partial charge on any atom is -0.490 e. The minimum absolute atomic E-state index is 0.433. The van der Waals surface area contributed by atoms with E-state index in [9.17, 15) is 0 Å². The van der Waals surface area contributed by atoms with Gasteiger partial charge in [-0.3, -0.25) is 4.90 Å². The van der Waals surface area contributed by atoms with Crippen molar-refractivity contribution >= 4 is 22.6 Å². The summed E-state index contributed by atoms with van der Waals surface area (Å²) < 4.78 is 7.26. The highest BCUT2D eigenvalue weighted by molar-refractivity contribution is 14.1. The molecule has 18 heavy (non-hydrogen) atoms. The molecule has 0 radical (unpaired) electrons. The lowest BCUT2D eigenvalue weighted by molar-refractivity contribution is 0.0141. The number of nitrogens with zero attached hydrogens (tertiary/aromatic N) is 1. The van der Waals surface area contributed by atoms with Crippen molar-refractivity contribution in [3.63, 3.8) is 0 Å². The van der Waals surface area contributed by atoms with Crippen molar-refractivity contribution in [3.8, 4) is 5.75 Å². The topological polar surface area (TPSA) is 12.5 Å². The Hall–Kier alpha value is -0.290. The Morgan fingerprint density at radius 2 is 1.94 bits per heavy atom. The van der Waals surface area contributed by atoms with E-state index in [2.05, 4.69) is 58.7 Å². The molecule has 0 aromatic heterocycles. The van der Waals surface area contributed by atoms with E-state index in [-0.39, 0.29) is 0 Å². The summed E-state index contributed by atoms with van der Waals surface area (Å²) in [6.45, 7) is 3.66. The van der Waals surface area contributed by atoms with Gasteiger partial charge in [-0.15, -0.1) is 0 Å². The van der Waals surface area contributed by atoms with Crippen LogP contribution in [0.1, 0.15) is 32.6 Å². The summed E-state index contributed by atoms with van der Waals surface area (Å²) in [5, 5.41) is 0. The Labute approximate surface area is 123 Å². The van der Waals surface area contributed by atoms with E-state index < -0.39 is 0 Å². The van der Waals surface area contributed by atoms with Gasteiger partial charge in [0.25, 0.3) is 0 Å². The van der Waals surface area contributed by atoms with Crippen molar-refractivity contribution in [3.05, 3.63) is 27.8 Å². The molecular formula is C15H20INO. The van der Waals surface area contributed by atoms with Crippen LogP contribution in [-0.2, 0) is 0 Å². The van der Waals surface area contributed by atoms with E-state index in [0.29, 0.717) is 6.10 Å². The van der Waals surface area contributed by atoms with Crippen LogP contribution in [0.2, 0.25) is 0 Å². The van der Waals surface area contributed by atoms with Crippen molar-refractivity contribution in [1.82, 2.24) is 4.90 Å². The van der Waals surface area contributed by atoms with Crippen LogP contribution in [-0.4, -0.2) is 29.6 Å². The summed E-state index contributed by atoms with van der Waals surface area (Å²) in [6.07, 6.45) is 5.59. The van der Waals surface area contributed by atoms with E-state index in [4.69, 9.17) is 4.74 Å². The molecule has 2 nitrogen and oxygen atoms in total. The summed E-state index contributed by atoms with van der Waals surface area (Å²) in [5.41, 5.74) is 0. The minimum atomic E-state index is 0.433. The summed E-state index contributed by atoms with van der Waals surface area (Å²) in [5.74, 6) is 1.02. The Balaban J connectivity index is 1.49. The van der Waals surface area contributed by atoms with Crippen LogP contribution in [0.5, 0.6) is 5.75 Å². The maximum atomic E-state index is 6.00. The zero-order chi connectivity index (χ0) is 12.5. The number of likely N-dealkylation sites (tertiary alicyclic amines) is 1. The third-order valence-corrected chi connectivity index (χ3v) is 4.98. The number of halogens is 1. The molecular weight excluding hydrogens is 337 g/mol. The van der Waals surface area contributed by atoms with Crippen LogP contribution in [0.25, 0.3) is 0 Å². The molecule has 1 aromatic carbocycles. The number of hydrogen-bond donors (Lipinski definition) is 0. The normalized spacial score (nSPS) is 32.2. The summed E-state index contributed by atoms with van der Waals surface area (Å²) in [4.78, 5) is 2.67. The lowest BCUT2D eigenvalue weighted by Gasteiger charge is -2.42. The molecule has 1 saturated heterocycles. The van der Waals surface area contributed by atoms with Gasteiger partial charge in [0.15, 0.2) is 0 Å². The standard InChI is InChI=1S/C15H20INO/c1-11-3-2-8-17(11)13-9-15(10-13)18-14-6-4-12(16)5-7-14/h4-7,11,13,15H,2-3,8-10H2,1H3/t11-,13?,15?/m0/s1. The summed E-state index contributed by atoms with van der Waals surface area (Å²) >= 11 is 2.32. The molecule has 0 N–H and O–H groups in total. The fourth-order valence-corrected chi connectivity index (χ4v) is 3.47. The van der Waals surface area contributed by atoms with Crippen LogP contribution in [0, 0.1) is 3.57 Å². The molecule has 0 spiro atoms. The summed E-state index contributed by atoms with van der Waals surface area (Å²) in [7, 11) is 0. The number of benzene rings is 1. The summed E-state index contributed by atoms with van der Waals surface area (Å²) in [6, 6.07) is 9.93. The average molecular weight is 357 g/mol. The van der Waals surface area contributed by atoms with Gasteiger partial charge in [0.1, 0.15) is 11.9 Å². The third kappa shape index (κ3) is 2.67. The number of hydrogen-bond acceptors (Lipinski definition) is 2.